The molecule has 102 valence electrons. The molecule has 0 fully saturated rings. The Kier molecular flexibility index (Phi) is 4.52. The normalized spacial score (nSPS) is 11.9. The van der Waals surface area contributed by atoms with Gasteiger partial charge in [0, 0.05) is 18.0 Å². The first-order valence-corrected chi connectivity index (χ1v) is 8.04. The van der Waals surface area contributed by atoms with Gasteiger partial charge in [0.15, 0.2) is 0 Å². The fourth-order valence-electron chi connectivity index (χ4n) is 1.79. The first kappa shape index (κ1) is 15.1. The zero-order chi connectivity index (χ0) is 14.1. The summed E-state index contributed by atoms with van der Waals surface area (Å²) < 4.78 is 22.7. The average Bonchev–Trinajstić information content (AvgIpc) is 2.59. The Balaban J connectivity index is 3.20. The molecule has 0 atom stereocenters. The fraction of sp³-hybridized carbons (Fsp3) is 0.545. The Bertz CT molecular complexity index is 547. The van der Waals surface area contributed by atoms with E-state index in [1.807, 2.05) is 20.8 Å². The molecule has 0 aliphatic rings. The van der Waals surface area contributed by atoms with E-state index in [0.717, 1.165) is 11.3 Å². The molecule has 1 rings (SSSR count). The van der Waals surface area contributed by atoms with E-state index < -0.39 is 10.0 Å². The highest BCUT2D eigenvalue weighted by Gasteiger charge is 2.24. The molecule has 0 aliphatic carbocycles. The van der Waals surface area contributed by atoms with Crippen LogP contribution < -0.4 is 5.14 Å². The molecule has 1 amide bonds. The van der Waals surface area contributed by atoms with E-state index >= 15 is 0 Å². The number of nitrogens with zero attached hydrogens (tertiary/aromatic N) is 1. The third-order valence-corrected chi connectivity index (χ3v) is 5.39. The second kappa shape index (κ2) is 5.38. The van der Waals surface area contributed by atoms with E-state index in [1.165, 1.54) is 0 Å². The molecule has 2 N–H and O–H groups in total. The Hall–Kier alpha value is -0.920. The summed E-state index contributed by atoms with van der Waals surface area (Å²) in [5.41, 5.74) is 0.853. The number of sulfonamides is 1. The van der Waals surface area contributed by atoms with Gasteiger partial charge in [0.25, 0.3) is 5.91 Å². The number of thiophene rings is 1. The number of carbonyl (C=O) groups excluding carboxylic acids is 1. The van der Waals surface area contributed by atoms with Crippen LogP contribution in [0.25, 0.3) is 0 Å². The van der Waals surface area contributed by atoms with Crippen molar-refractivity contribution in [3.05, 3.63) is 16.5 Å². The Morgan fingerprint density at radius 3 is 2.39 bits per heavy atom. The predicted octanol–water partition coefficient (Wildman–Crippen LogP) is 1.57. The molecule has 5 nitrogen and oxygen atoms in total. The predicted molar refractivity (Wildman–Crippen MR) is 72.3 cm³/mol. The monoisotopic (exact) mass is 290 g/mol. The minimum Gasteiger partial charge on any atom is -0.336 e. The molecular formula is C11H18N2O3S2. The summed E-state index contributed by atoms with van der Waals surface area (Å²) in [5.74, 6) is -0.156. The van der Waals surface area contributed by atoms with Crippen molar-refractivity contribution >= 4 is 27.3 Å². The van der Waals surface area contributed by atoms with Crippen molar-refractivity contribution in [3.8, 4) is 0 Å². The standard InChI is InChI=1S/C11H18N2O3S2/c1-5-13(7(2)3)10(14)9-6-17-11(8(9)4)18(12,15)16/h6-7H,5H2,1-4H3,(H2,12,15,16). The molecule has 0 spiro atoms. The Labute approximate surface area is 112 Å². The minimum absolute atomic E-state index is 0.0608. The highest BCUT2D eigenvalue weighted by atomic mass is 32.2. The topological polar surface area (TPSA) is 80.5 Å². The molecule has 0 aromatic carbocycles. The Morgan fingerprint density at radius 1 is 1.50 bits per heavy atom. The maximum atomic E-state index is 12.3. The average molecular weight is 290 g/mol. The quantitative estimate of drug-likeness (QED) is 0.914. The van der Waals surface area contributed by atoms with Gasteiger partial charge in [-0.15, -0.1) is 11.3 Å². The SMILES string of the molecule is CCN(C(=O)c1csc(S(N)(=O)=O)c1C)C(C)C. The van der Waals surface area contributed by atoms with Gasteiger partial charge in [-0.1, -0.05) is 0 Å². The molecule has 0 bridgehead atoms. The molecular weight excluding hydrogens is 272 g/mol. The third-order valence-electron chi connectivity index (χ3n) is 2.71. The summed E-state index contributed by atoms with van der Waals surface area (Å²) in [5, 5.41) is 6.66. The van der Waals surface area contributed by atoms with Gasteiger partial charge in [0.05, 0.1) is 5.56 Å². The van der Waals surface area contributed by atoms with E-state index in [2.05, 4.69) is 0 Å². The number of carbonyl (C=O) groups is 1. The summed E-state index contributed by atoms with van der Waals surface area (Å²) >= 11 is 0.991. The van der Waals surface area contributed by atoms with Crippen LogP contribution in [0, 0.1) is 6.92 Å². The van der Waals surface area contributed by atoms with Crippen molar-refractivity contribution in [3.63, 3.8) is 0 Å². The zero-order valence-corrected chi connectivity index (χ0v) is 12.6. The maximum Gasteiger partial charge on any atom is 0.255 e. The van der Waals surface area contributed by atoms with Crippen LogP contribution in [0.15, 0.2) is 9.59 Å². The van der Waals surface area contributed by atoms with E-state index in [-0.39, 0.29) is 16.2 Å². The lowest BCUT2D eigenvalue weighted by molar-refractivity contribution is 0.0716. The van der Waals surface area contributed by atoms with Crippen LogP contribution in [-0.4, -0.2) is 31.8 Å². The van der Waals surface area contributed by atoms with Gasteiger partial charge in [-0.3, -0.25) is 4.79 Å². The first-order chi connectivity index (χ1) is 8.20. The minimum atomic E-state index is -3.75. The van der Waals surface area contributed by atoms with E-state index in [9.17, 15) is 13.2 Å². The summed E-state index contributed by atoms with van der Waals surface area (Å²) in [6.07, 6.45) is 0. The number of primary sulfonamides is 1. The van der Waals surface area contributed by atoms with Crippen LogP contribution in [0.3, 0.4) is 0 Å². The van der Waals surface area contributed by atoms with E-state index in [0.29, 0.717) is 17.7 Å². The smallest absolute Gasteiger partial charge is 0.255 e. The van der Waals surface area contributed by atoms with Crippen LogP contribution in [-0.2, 0) is 10.0 Å². The lowest BCUT2D eigenvalue weighted by Gasteiger charge is -2.25. The summed E-state index contributed by atoms with van der Waals surface area (Å²) in [6, 6.07) is 0.0692. The van der Waals surface area contributed by atoms with Gasteiger partial charge in [0.1, 0.15) is 4.21 Å². The molecule has 0 saturated carbocycles. The van der Waals surface area contributed by atoms with Crippen molar-refractivity contribution in [1.82, 2.24) is 4.90 Å². The van der Waals surface area contributed by atoms with Gasteiger partial charge in [-0.2, -0.15) is 0 Å². The number of amides is 1. The summed E-state index contributed by atoms with van der Waals surface area (Å²) in [4.78, 5) is 14.0. The van der Waals surface area contributed by atoms with Crippen molar-refractivity contribution in [2.24, 2.45) is 5.14 Å². The third kappa shape index (κ3) is 2.90. The second-order valence-corrected chi connectivity index (χ2v) is 6.93. The van der Waals surface area contributed by atoms with Gasteiger partial charge >= 0.3 is 0 Å². The van der Waals surface area contributed by atoms with Crippen molar-refractivity contribution in [2.75, 3.05) is 6.54 Å². The molecule has 0 unspecified atom stereocenters. The van der Waals surface area contributed by atoms with Crippen molar-refractivity contribution in [1.29, 1.82) is 0 Å². The molecule has 0 saturated heterocycles. The molecule has 0 aliphatic heterocycles. The van der Waals surface area contributed by atoms with Crippen LogP contribution in [0.5, 0.6) is 0 Å². The Morgan fingerprint density at radius 2 is 2.06 bits per heavy atom. The largest absolute Gasteiger partial charge is 0.336 e. The fourth-order valence-corrected chi connectivity index (χ4v) is 3.80. The van der Waals surface area contributed by atoms with Crippen LogP contribution in [0.1, 0.15) is 36.7 Å². The second-order valence-electron chi connectivity index (χ2n) is 4.29. The van der Waals surface area contributed by atoms with Crippen LogP contribution in [0.4, 0.5) is 0 Å². The number of rotatable bonds is 4. The zero-order valence-electron chi connectivity index (χ0n) is 10.9. The molecule has 18 heavy (non-hydrogen) atoms. The van der Waals surface area contributed by atoms with Crippen LogP contribution >= 0.6 is 11.3 Å². The molecule has 0 radical (unpaired) electrons. The van der Waals surface area contributed by atoms with Gasteiger partial charge < -0.3 is 4.90 Å². The van der Waals surface area contributed by atoms with Crippen molar-refractivity contribution in [2.45, 2.75) is 37.9 Å². The summed E-state index contributed by atoms with van der Waals surface area (Å²) in [7, 11) is -3.75. The molecule has 1 aromatic rings. The lowest BCUT2D eigenvalue weighted by atomic mass is 10.1. The van der Waals surface area contributed by atoms with E-state index in [1.54, 1.807) is 17.2 Å². The highest BCUT2D eigenvalue weighted by Crippen LogP contribution is 2.26. The van der Waals surface area contributed by atoms with Gasteiger partial charge in [0.2, 0.25) is 10.0 Å². The number of nitrogens with two attached hydrogens (primary N) is 1. The maximum absolute atomic E-state index is 12.3. The molecule has 7 heteroatoms. The number of hydrogen-bond donors (Lipinski definition) is 1. The van der Waals surface area contributed by atoms with Gasteiger partial charge in [-0.05, 0) is 33.3 Å². The molecule has 1 aromatic heterocycles. The van der Waals surface area contributed by atoms with Crippen molar-refractivity contribution < 1.29 is 13.2 Å². The van der Waals surface area contributed by atoms with Gasteiger partial charge in [-0.25, -0.2) is 13.6 Å². The lowest BCUT2D eigenvalue weighted by Crippen LogP contribution is -2.36. The van der Waals surface area contributed by atoms with Crippen LogP contribution in [0.2, 0.25) is 0 Å². The highest BCUT2D eigenvalue weighted by molar-refractivity contribution is 7.91. The van der Waals surface area contributed by atoms with E-state index in [4.69, 9.17) is 5.14 Å². The first-order valence-electron chi connectivity index (χ1n) is 5.62. The molecule has 1 heterocycles. The summed E-state index contributed by atoms with van der Waals surface area (Å²) in [6.45, 7) is 7.92. The number of hydrogen-bond acceptors (Lipinski definition) is 4.